The molecular formula is C22H22FN3O4. The number of likely N-dealkylation sites (tertiary alicyclic amines) is 1. The molecule has 3 aromatic rings. The second-order valence-corrected chi connectivity index (χ2v) is 7.20. The molecule has 7 nitrogen and oxygen atoms in total. The summed E-state index contributed by atoms with van der Waals surface area (Å²) in [4.78, 5) is 18.8. The van der Waals surface area contributed by atoms with Crippen LogP contribution in [0, 0.1) is 5.82 Å². The van der Waals surface area contributed by atoms with Gasteiger partial charge in [-0.2, -0.15) is 4.98 Å². The maximum atomic E-state index is 14.0. The number of rotatable bonds is 6. The molecule has 2 atom stereocenters. The fourth-order valence-corrected chi connectivity index (χ4v) is 3.66. The van der Waals surface area contributed by atoms with Gasteiger partial charge in [0.25, 0.3) is 0 Å². The topological polar surface area (TPSA) is 77.7 Å². The number of halogens is 1. The molecule has 0 N–H and O–H groups in total. The molecule has 0 bridgehead atoms. The lowest BCUT2D eigenvalue weighted by molar-refractivity contribution is -0.129. The van der Waals surface area contributed by atoms with Crippen LogP contribution >= 0.6 is 0 Å². The van der Waals surface area contributed by atoms with Gasteiger partial charge in [-0.15, -0.1) is 0 Å². The van der Waals surface area contributed by atoms with E-state index in [4.69, 9.17) is 14.0 Å². The second-order valence-electron chi connectivity index (χ2n) is 7.20. The molecule has 1 aliphatic rings. The molecule has 0 spiro atoms. The Morgan fingerprint density at radius 2 is 1.93 bits per heavy atom. The van der Waals surface area contributed by atoms with Crippen LogP contribution in [0.25, 0.3) is 11.4 Å². The fourth-order valence-electron chi connectivity index (χ4n) is 3.66. The number of aromatic nitrogens is 2. The zero-order valence-corrected chi connectivity index (χ0v) is 17.0. The highest BCUT2D eigenvalue weighted by atomic mass is 19.1. The van der Waals surface area contributed by atoms with Crippen molar-refractivity contribution in [2.24, 2.45) is 0 Å². The van der Waals surface area contributed by atoms with Gasteiger partial charge in [0.2, 0.25) is 17.6 Å². The van der Waals surface area contributed by atoms with Gasteiger partial charge in [0, 0.05) is 18.5 Å². The molecule has 1 fully saturated rings. The van der Waals surface area contributed by atoms with E-state index in [9.17, 15) is 9.18 Å². The zero-order valence-electron chi connectivity index (χ0n) is 17.0. The van der Waals surface area contributed by atoms with Gasteiger partial charge in [-0.3, -0.25) is 4.79 Å². The van der Waals surface area contributed by atoms with Crippen molar-refractivity contribution in [2.75, 3.05) is 20.8 Å². The van der Waals surface area contributed by atoms with Gasteiger partial charge in [-0.25, -0.2) is 4.39 Å². The van der Waals surface area contributed by atoms with Crippen LogP contribution in [0.4, 0.5) is 4.39 Å². The van der Waals surface area contributed by atoms with Crippen molar-refractivity contribution in [1.82, 2.24) is 15.0 Å². The normalized spacial score (nSPS) is 17.3. The van der Waals surface area contributed by atoms with E-state index in [1.54, 1.807) is 13.2 Å². The first kappa shape index (κ1) is 19.9. The highest BCUT2D eigenvalue weighted by Crippen LogP contribution is 2.34. The standard InChI is InChI=1S/C22H22FN3O4/c1-13(14-4-7-17(28-2)8-5-14)26-12-16(11-20(26)27)22-24-21(25-30-22)15-6-9-19(29-3)18(23)10-15/h4-10,13,16H,11-12H2,1-3H3. The number of hydrogen-bond donors (Lipinski definition) is 0. The van der Waals surface area contributed by atoms with E-state index in [2.05, 4.69) is 10.1 Å². The Labute approximate surface area is 173 Å². The van der Waals surface area contributed by atoms with Crippen LogP contribution in [0.2, 0.25) is 0 Å². The third kappa shape index (κ3) is 3.72. The first-order valence-electron chi connectivity index (χ1n) is 9.61. The Morgan fingerprint density at radius 3 is 2.60 bits per heavy atom. The quantitative estimate of drug-likeness (QED) is 0.611. The zero-order chi connectivity index (χ0) is 21.3. The predicted octanol–water partition coefficient (Wildman–Crippen LogP) is 3.97. The van der Waals surface area contributed by atoms with E-state index >= 15 is 0 Å². The Kier molecular flexibility index (Phi) is 5.39. The lowest BCUT2D eigenvalue weighted by Crippen LogP contribution is -2.28. The minimum Gasteiger partial charge on any atom is -0.497 e. The molecular weight excluding hydrogens is 389 g/mol. The fraction of sp³-hybridized carbons (Fsp3) is 0.318. The molecule has 0 aliphatic carbocycles. The third-order valence-corrected chi connectivity index (χ3v) is 5.43. The SMILES string of the molecule is COc1ccc(C(C)N2CC(c3nc(-c4ccc(OC)c(F)c4)no3)CC2=O)cc1. The summed E-state index contributed by atoms with van der Waals surface area (Å²) in [7, 11) is 3.02. The molecule has 8 heteroatoms. The number of methoxy groups -OCH3 is 2. The summed E-state index contributed by atoms with van der Waals surface area (Å²) in [6.07, 6.45) is 0.291. The van der Waals surface area contributed by atoms with Crippen molar-refractivity contribution >= 4 is 5.91 Å². The average Bonchev–Trinajstić information content (AvgIpc) is 3.40. The maximum Gasteiger partial charge on any atom is 0.232 e. The smallest absolute Gasteiger partial charge is 0.232 e. The average molecular weight is 411 g/mol. The van der Waals surface area contributed by atoms with Crippen LogP contribution in [0.1, 0.15) is 36.8 Å². The number of amides is 1. The van der Waals surface area contributed by atoms with Gasteiger partial charge in [-0.05, 0) is 42.8 Å². The summed E-state index contributed by atoms with van der Waals surface area (Å²) in [5.74, 6) is 0.884. The molecule has 4 rings (SSSR count). The van der Waals surface area contributed by atoms with Crippen molar-refractivity contribution in [2.45, 2.75) is 25.3 Å². The van der Waals surface area contributed by atoms with Crippen LogP contribution in [0.15, 0.2) is 47.0 Å². The van der Waals surface area contributed by atoms with Gasteiger partial charge in [-0.1, -0.05) is 17.3 Å². The summed E-state index contributed by atoms with van der Waals surface area (Å²) in [5, 5.41) is 3.96. The molecule has 156 valence electrons. The monoisotopic (exact) mass is 411 g/mol. The number of ether oxygens (including phenoxy) is 2. The molecule has 1 amide bonds. The summed E-state index contributed by atoms with van der Waals surface area (Å²) in [6.45, 7) is 2.46. The molecule has 0 radical (unpaired) electrons. The molecule has 1 aliphatic heterocycles. The maximum absolute atomic E-state index is 14.0. The summed E-state index contributed by atoms with van der Waals surface area (Å²) < 4.78 is 29.5. The van der Waals surface area contributed by atoms with Crippen molar-refractivity contribution in [3.63, 3.8) is 0 Å². The van der Waals surface area contributed by atoms with Gasteiger partial charge in [0.1, 0.15) is 5.75 Å². The lowest BCUT2D eigenvalue weighted by atomic mass is 10.1. The van der Waals surface area contributed by atoms with Crippen molar-refractivity contribution in [3.05, 3.63) is 59.7 Å². The number of nitrogens with zero attached hydrogens (tertiary/aromatic N) is 3. The first-order chi connectivity index (χ1) is 14.5. The summed E-state index contributed by atoms with van der Waals surface area (Å²) in [5.41, 5.74) is 1.50. The van der Waals surface area contributed by atoms with E-state index in [0.29, 0.717) is 24.4 Å². The number of carbonyl (C=O) groups is 1. The van der Waals surface area contributed by atoms with Crippen molar-refractivity contribution in [1.29, 1.82) is 0 Å². The predicted molar refractivity (Wildman–Crippen MR) is 107 cm³/mol. The third-order valence-electron chi connectivity index (χ3n) is 5.43. The number of benzene rings is 2. The highest BCUT2D eigenvalue weighted by Gasteiger charge is 2.37. The van der Waals surface area contributed by atoms with Gasteiger partial charge < -0.3 is 18.9 Å². The Bertz CT molecular complexity index is 1050. The minimum absolute atomic E-state index is 0.0264. The summed E-state index contributed by atoms with van der Waals surface area (Å²) in [6, 6.07) is 12.0. The van der Waals surface area contributed by atoms with Crippen LogP contribution in [0.3, 0.4) is 0 Å². The summed E-state index contributed by atoms with van der Waals surface area (Å²) >= 11 is 0. The van der Waals surface area contributed by atoms with Crippen LogP contribution in [-0.4, -0.2) is 41.7 Å². The molecule has 2 aromatic carbocycles. The van der Waals surface area contributed by atoms with Crippen molar-refractivity contribution in [3.8, 4) is 22.9 Å². The Balaban J connectivity index is 1.49. The molecule has 2 unspecified atom stereocenters. The number of hydrogen-bond acceptors (Lipinski definition) is 6. The van der Waals surface area contributed by atoms with Crippen molar-refractivity contribution < 1.29 is 23.2 Å². The van der Waals surface area contributed by atoms with Gasteiger partial charge in [0.15, 0.2) is 11.6 Å². The van der Waals surface area contributed by atoms with E-state index in [-0.39, 0.29) is 29.4 Å². The van der Waals surface area contributed by atoms with E-state index < -0.39 is 5.82 Å². The lowest BCUT2D eigenvalue weighted by Gasteiger charge is -2.25. The Morgan fingerprint density at radius 1 is 1.17 bits per heavy atom. The molecule has 2 heterocycles. The van der Waals surface area contributed by atoms with E-state index in [1.165, 1.54) is 19.2 Å². The van der Waals surface area contributed by atoms with Crippen LogP contribution in [0.5, 0.6) is 11.5 Å². The van der Waals surface area contributed by atoms with Crippen LogP contribution < -0.4 is 9.47 Å². The van der Waals surface area contributed by atoms with Crippen LogP contribution in [-0.2, 0) is 4.79 Å². The minimum atomic E-state index is -0.503. The number of carbonyl (C=O) groups excluding carboxylic acids is 1. The molecule has 1 saturated heterocycles. The molecule has 0 saturated carbocycles. The largest absolute Gasteiger partial charge is 0.497 e. The highest BCUT2D eigenvalue weighted by molar-refractivity contribution is 5.80. The van der Waals surface area contributed by atoms with E-state index in [1.807, 2.05) is 36.1 Å². The van der Waals surface area contributed by atoms with Gasteiger partial charge >= 0.3 is 0 Å². The first-order valence-corrected chi connectivity index (χ1v) is 9.61. The Hall–Kier alpha value is -3.42. The second kappa shape index (κ2) is 8.14. The molecule has 30 heavy (non-hydrogen) atoms. The molecule has 1 aromatic heterocycles. The van der Waals surface area contributed by atoms with E-state index in [0.717, 1.165) is 11.3 Å². The van der Waals surface area contributed by atoms with Gasteiger partial charge in [0.05, 0.1) is 26.2 Å².